The molecule has 0 unspecified atom stereocenters. The number of hydroxylamine groups is 2. The summed E-state index contributed by atoms with van der Waals surface area (Å²) in [5.74, 6) is -1.67. The number of primary amides is 1. The molecule has 0 spiro atoms. The first-order valence-corrected chi connectivity index (χ1v) is 9.67. The van der Waals surface area contributed by atoms with Crippen LogP contribution in [0.15, 0.2) is 12.1 Å². The lowest BCUT2D eigenvalue weighted by atomic mass is 10.2. The minimum Gasteiger partial charge on any atom is -0.442 e. The summed E-state index contributed by atoms with van der Waals surface area (Å²) in [6.07, 6.45) is -1.18. The standard InChI is InChI=1S/C18H25F2N5O4S/c1-4-24(5-6-28-23(3)17(21)26)16-14(19)7-12(8-15(16)20)25-10-13(29-18(25)27)9-22-11(2)30/h7-8,13H,4-6,9-10H2,1-3H3,(H2,21,26)(H,22,30)/t13-/m0/s1. The second kappa shape index (κ2) is 10.3. The van der Waals surface area contributed by atoms with Crippen molar-refractivity contribution >= 4 is 40.7 Å². The third-order valence-electron chi connectivity index (χ3n) is 4.42. The number of amides is 3. The maximum absolute atomic E-state index is 14.8. The summed E-state index contributed by atoms with van der Waals surface area (Å²) in [7, 11) is 1.33. The van der Waals surface area contributed by atoms with Crippen molar-refractivity contribution in [2.24, 2.45) is 5.73 Å². The smallest absolute Gasteiger partial charge is 0.414 e. The maximum Gasteiger partial charge on any atom is 0.414 e. The number of rotatable bonds is 9. The van der Waals surface area contributed by atoms with Crippen LogP contribution >= 0.6 is 12.2 Å². The molecule has 1 aromatic rings. The van der Waals surface area contributed by atoms with Gasteiger partial charge in [0.25, 0.3) is 0 Å². The zero-order valence-corrected chi connectivity index (χ0v) is 17.8. The zero-order valence-electron chi connectivity index (χ0n) is 17.0. The fourth-order valence-corrected chi connectivity index (χ4v) is 2.97. The van der Waals surface area contributed by atoms with E-state index in [-0.39, 0.29) is 37.6 Å². The summed E-state index contributed by atoms with van der Waals surface area (Å²) in [4.78, 5) is 31.3. The maximum atomic E-state index is 14.8. The molecule has 0 aliphatic carbocycles. The Hall–Kier alpha value is -2.73. The summed E-state index contributed by atoms with van der Waals surface area (Å²) in [5.41, 5.74) is 4.85. The number of hydrogen-bond acceptors (Lipinski definition) is 6. The Morgan fingerprint density at radius 2 is 2.07 bits per heavy atom. The Bertz CT molecular complexity index is 790. The van der Waals surface area contributed by atoms with E-state index in [1.165, 1.54) is 16.8 Å². The Kier molecular flexibility index (Phi) is 8.12. The highest BCUT2D eigenvalue weighted by molar-refractivity contribution is 7.80. The average Bonchev–Trinajstić information content (AvgIpc) is 3.04. The highest BCUT2D eigenvalue weighted by Crippen LogP contribution is 2.31. The quantitative estimate of drug-likeness (QED) is 0.443. The molecule has 1 fully saturated rings. The van der Waals surface area contributed by atoms with Crippen LogP contribution in [0.5, 0.6) is 0 Å². The van der Waals surface area contributed by atoms with Crippen molar-refractivity contribution in [2.75, 3.05) is 49.6 Å². The Morgan fingerprint density at radius 1 is 1.43 bits per heavy atom. The number of urea groups is 1. The first-order chi connectivity index (χ1) is 14.1. The number of benzene rings is 1. The topological polar surface area (TPSA) is 100 Å². The van der Waals surface area contributed by atoms with Crippen LogP contribution in [-0.2, 0) is 9.57 Å². The van der Waals surface area contributed by atoms with Crippen LogP contribution in [0.3, 0.4) is 0 Å². The Labute approximate surface area is 178 Å². The second-order valence-electron chi connectivity index (χ2n) is 6.56. The van der Waals surface area contributed by atoms with Crippen molar-refractivity contribution in [3.63, 3.8) is 0 Å². The van der Waals surface area contributed by atoms with Crippen molar-refractivity contribution in [3.8, 4) is 0 Å². The number of hydrogen-bond donors (Lipinski definition) is 2. The lowest BCUT2D eigenvalue weighted by molar-refractivity contribution is -0.0921. The lowest BCUT2D eigenvalue weighted by Crippen LogP contribution is -2.36. The Morgan fingerprint density at radius 3 is 2.60 bits per heavy atom. The molecule has 0 bridgehead atoms. The van der Waals surface area contributed by atoms with E-state index in [1.54, 1.807) is 13.8 Å². The van der Waals surface area contributed by atoms with Gasteiger partial charge < -0.3 is 20.7 Å². The van der Waals surface area contributed by atoms with Gasteiger partial charge in [0.15, 0.2) is 11.6 Å². The number of ether oxygens (including phenoxy) is 1. The first-order valence-electron chi connectivity index (χ1n) is 9.26. The molecule has 12 heteroatoms. The van der Waals surface area contributed by atoms with Gasteiger partial charge in [-0.3, -0.25) is 9.74 Å². The molecule has 2 rings (SSSR count). The molecule has 1 aromatic carbocycles. The number of carbonyl (C=O) groups is 2. The SMILES string of the molecule is CCN(CCON(C)C(N)=O)c1c(F)cc(N2C[C@H](CNC(C)=S)OC2=O)cc1F. The largest absolute Gasteiger partial charge is 0.442 e. The van der Waals surface area contributed by atoms with Crippen LogP contribution in [0.25, 0.3) is 0 Å². The van der Waals surface area contributed by atoms with Crippen molar-refractivity contribution < 1.29 is 27.9 Å². The van der Waals surface area contributed by atoms with Gasteiger partial charge in [-0.05, 0) is 13.8 Å². The fraction of sp³-hybridized carbons (Fsp3) is 0.500. The van der Waals surface area contributed by atoms with Gasteiger partial charge in [0.1, 0.15) is 11.8 Å². The molecule has 1 aliphatic heterocycles. The molecule has 1 aliphatic rings. The van der Waals surface area contributed by atoms with Crippen LogP contribution < -0.4 is 20.9 Å². The minimum absolute atomic E-state index is 0.0136. The number of anilines is 2. The van der Waals surface area contributed by atoms with Gasteiger partial charge in [0.05, 0.1) is 30.4 Å². The van der Waals surface area contributed by atoms with Gasteiger partial charge >= 0.3 is 12.1 Å². The molecule has 0 saturated carbocycles. The third kappa shape index (κ3) is 5.89. The van der Waals surface area contributed by atoms with E-state index in [0.717, 1.165) is 17.2 Å². The normalized spacial score (nSPS) is 15.7. The summed E-state index contributed by atoms with van der Waals surface area (Å²) < 4.78 is 34.8. The number of nitrogens with one attached hydrogen (secondary N) is 1. The van der Waals surface area contributed by atoms with Crippen molar-refractivity contribution in [2.45, 2.75) is 20.0 Å². The van der Waals surface area contributed by atoms with Crippen LogP contribution in [0.2, 0.25) is 0 Å². The van der Waals surface area contributed by atoms with E-state index < -0.39 is 29.9 Å². The lowest BCUT2D eigenvalue weighted by Gasteiger charge is -2.26. The number of nitrogens with two attached hydrogens (primary N) is 1. The zero-order chi connectivity index (χ0) is 22.4. The van der Waals surface area contributed by atoms with Crippen molar-refractivity contribution in [1.82, 2.24) is 10.4 Å². The molecule has 166 valence electrons. The number of likely N-dealkylation sites (N-methyl/N-ethyl adjacent to an activating group) is 1. The summed E-state index contributed by atoms with van der Waals surface area (Å²) in [5, 5.41) is 3.73. The fourth-order valence-electron chi connectivity index (χ4n) is 2.89. The van der Waals surface area contributed by atoms with E-state index in [1.807, 2.05) is 0 Å². The number of halogens is 2. The average molecular weight is 445 g/mol. The van der Waals surface area contributed by atoms with Gasteiger partial charge in [-0.15, -0.1) is 0 Å². The predicted molar refractivity (Wildman–Crippen MR) is 111 cm³/mol. The van der Waals surface area contributed by atoms with Gasteiger partial charge in [-0.25, -0.2) is 23.4 Å². The van der Waals surface area contributed by atoms with E-state index >= 15 is 0 Å². The van der Waals surface area contributed by atoms with Crippen LogP contribution in [0, 0.1) is 11.6 Å². The molecule has 1 heterocycles. The van der Waals surface area contributed by atoms with Gasteiger partial charge in [-0.1, -0.05) is 12.2 Å². The van der Waals surface area contributed by atoms with E-state index in [9.17, 15) is 18.4 Å². The molecule has 9 nitrogen and oxygen atoms in total. The van der Waals surface area contributed by atoms with Crippen molar-refractivity contribution in [3.05, 3.63) is 23.8 Å². The highest BCUT2D eigenvalue weighted by Gasteiger charge is 2.33. The highest BCUT2D eigenvalue weighted by atomic mass is 32.1. The van der Waals surface area contributed by atoms with Crippen LogP contribution in [0.4, 0.5) is 29.7 Å². The summed E-state index contributed by atoms with van der Waals surface area (Å²) >= 11 is 4.92. The first kappa shape index (κ1) is 23.5. The number of carbonyl (C=O) groups excluding carboxylic acids is 2. The van der Waals surface area contributed by atoms with E-state index in [0.29, 0.717) is 11.5 Å². The van der Waals surface area contributed by atoms with Crippen LogP contribution in [0.1, 0.15) is 13.8 Å². The van der Waals surface area contributed by atoms with Gasteiger partial charge in [0.2, 0.25) is 0 Å². The predicted octanol–water partition coefficient (Wildman–Crippen LogP) is 2.00. The van der Waals surface area contributed by atoms with Crippen molar-refractivity contribution in [1.29, 1.82) is 0 Å². The summed E-state index contributed by atoms with van der Waals surface area (Å²) in [6, 6.07) is 1.38. The van der Waals surface area contributed by atoms with E-state index in [4.69, 9.17) is 27.5 Å². The molecule has 30 heavy (non-hydrogen) atoms. The third-order valence-corrected chi connectivity index (χ3v) is 4.56. The minimum atomic E-state index is -0.834. The number of cyclic esters (lactones) is 1. The monoisotopic (exact) mass is 445 g/mol. The Balaban J connectivity index is 2.11. The van der Waals surface area contributed by atoms with Gasteiger partial charge in [0, 0.05) is 32.3 Å². The molecule has 0 radical (unpaired) electrons. The van der Waals surface area contributed by atoms with Crippen LogP contribution in [-0.4, -0.2) is 68.1 Å². The number of nitrogens with zero attached hydrogens (tertiary/aromatic N) is 3. The molecule has 3 amide bonds. The van der Waals surface area contributed by atoms with Gasteiger partial charge in [-0.2, -0.15) is 0 Å². The molecule has 0 aromatic heterocycles. The molecule has 1 atom stereocenters. The molecule has 3 N–H and O–H groups in total. The second-order valence-corrected chi connectivity index (χ2v) is 7.17. The molecular weight excluding hydrogens is 420 g/mol. The molecule has 1 saturated heterocycles. The number of thiocarbonyl (C=S) groups is 1. The van der Waals surface area contributed by atoms with E-state index in [2.05, 4.69) is 5.32 Å². The summed E-state index contributed by atoms with van der Waals surface area (Å²) in [6.45, 7) is 4.24. The molecular formula is C18H25F2N5O4S.